The molecule has 0 unspecified atom stereocenters. The molecular formula is C29H35IN4OS. The number of hydrogen-bond donors (Lipinski definition) is 0. The summed E-state index contributed by atoms with van der Waals surface area (Å²) in [6.45, 7) is 12.9. The summed E-state index contributed by atoms with van der Waals surface area (Å²) in [6, 6.07) is 21.6. The fourth-order valence-electron chi connectivity index (χ4n) is 4.49. The maximum atomic E-state index is 5.87. The summed E-state index contributed by atoms with van der Waals surface area (Å²) in [5.74, 6) is 0. The molecule has 5 nitrogen and oxygen atoms in total. The Hall–Kier alpha value is -2.07. The zero-order valence-corrected chi connectivity index (χ0v) is 24.3. The molecule has 0 radical (unpaired) electrons. The van der Waals surface area contributed by atoms with Crippen LogP contribution in [0, 0.1) is 6.92 Å². The maximum Gasteiger partial charge on any atom is 0.150 e. The summed E-state index contributed by atoms with van der Waals surface area (Å²) in [5, 5.41) is 1.22. The molecule has 0 bridgehead atoms. The molecule has 0 spiro atoms. The molecule has 0 aliphatic carbocycles. The smallest absolute Gasteiger partial charge is 0.150 e. The van der Waals surface area contributed by atoms with Gasteiger partial charge in [-0.1, -0.05) is 56.3 Å². The van der Waals surface area contributed by atoms with Crippen molar-refractivity contribution in [1.29, 1.82) is 0 Å². The van der Waals surface area contributed by atoms with Crippen LogP contribution in [0.2, 0.25) is 0 Å². The number of aromatic nitrogens is 2. The monoisotopic (exact) mass is 614 g/mol. The summed E-state index contributed by atoms with van der Waals surface area (Å²) in [4.78, 5) is 9.71. The van der Waals surface area contributed by atoms with Gasteiger partial charge in [0.05, 0.1) is 13.2 Å². The minimum absolute atomic E-state index is 0.693. The van der Waals surface area contributed by atoms with E-state index in [1.54, 1.807) is 9.12 Å². The second-order valence-electron chi connectivity index (χ2n) is 8.72. The minimum atomic E-state index is 0.693. The van der Waals surface area contributed by atoms with Crippen LogP contribution in [-0.2, 0) is 11.3 Å². The van der Waals surface area contributed by atoms with E-state index >= 15 is 0 Å². The van der Waals surface area contributed by atoms with Crippen molar-refractivity contribution in [3.63, 3.8) is 0 Å². The van der Waals surface area contributed by atoms with Gasteiger partial charge in [-0.05, 0) is 41.8 Å². The van der Waals surface area contributed by atoms with Crippen LogP contribution in [0.5, 0.6) is 0 Å². The van der Waals surface area contributed by atoms with Crippen molar-refractivity contribution < 1.29 is 4.74 Å². The van der Waals surface area contributed by atoms with Crippen LogP contribution in [0.3, 0.4) is 0 Å². The van der Waals surface area contributed by atoms with E-state index in [4.69, 9.17) is 9.72 Å². The highest BCUT2D eigenvalue weighted by Gasteiger charge is 2.17. The third-order valence-electron chi connectivity index (χ3n) is 6.49. The molecule has 0 N–H and O–H groups in total. The van der Waals surface area contributed by atoms with E-state index in [1.165, 1.54) is 33.3 Å². The molecule has 0 amide bonds. The van der Waals surface area contributed by atoms with Gasteiger partial charge in [0.2, 0.25) is 0 Å². The fourth-order valence-corrected chi connectivity index (χ4v) is 5.80. The van der Waals surface area contributed by atoms with Gasteiger partial charge in [0.15, 0.2) is 5.65 Å². The van der Waals surface area contributed by atoms with Gasteiger partial charge in [0.25, 0.3) is 0 Å². The van der Waals surface area contributed by atoms with Crippen molar-refractivity contribution in [2.24, 2.45) is 0 Å². The molecule has 4 aromatic rings. The number of halogens is 1. The first kappa shape index (κ1) is 27.0. The standard InChI is InChI=1S/C27H29IN4OS.C2H6/c1-21-19-32(34-28)27-26(21)17-24(18-29-27)23-7-9-25(10-8-23)31-13-11-30(12-14-31)15-16-33-20-22-5-3-2-4-6-22;1-2/h2-10,17-19H,11-16,20H2,1H3;1-2H3. The molecule has 1 aliphatic heterocycles. The molecule has 7 heteroatoms. The highest BCUT2D eigenvalue weighted by Crippen LogP contribution is 2.31. The quantitative estimate of drug-likeness (QED) is 0.155. The lowest BCUT2D eigenvalue weighted by Gasteiger charge is -2.36. The zero-order chi connectivity index (χ0) is 25.3. The molecule has 0 atom stereocenters. The number of benzene rings is 2. The highest BCUT2D eigenvalue weighted by atomic mass is 127. The first-order chi connectivity index (χ1) is 17.7. The number of rotatable bonds is 8. The largest absolute Gasteiger partial charge is 0.375 e. The van der Waals surface area contributed by atoms with E-state index < -0.39 is 0 Å². The topological polar surface area (TPSA) is 33.5 Å². The molecule has 1 saturated heterocycles. The van der Waals surface area contributed by atoms with Gasteiger partial charge < -0.3 is 9.64 Å². The Morgan fingerprint density at radius 2 is 1.67 bits per heavy atom. The zero-order valence-electron chi connectivity index (χ0n) is 21.4. The van der Waals surface area contributed by atoms with Gasteiger partial charge in [-0.2, -0.15) is 0 Å². The van der Waals surface area contributed by atoms with Gasteiger partial charge in [0.1, 0.15) is 0 Å². The van der Waals surface area contributed by atoms with E-state index in [0.29, 0.717) is 6.61 Å². The molecule has 0 saturated carbocycles. The van der Waals surface area contributed by atoms with Crippen LogP contribution in [0.25, 0.3) is 22.2 Å². The average molecular weight is 615 g/mol. The third-order valence-corrected chi connectivity index (χ3v) is 8.19. The van der Waals surface area contributed by atoms with E-state index in [2.05, 4.69) is 103 Å². The van der Waals surface area contributed by atoms with Gasteiger partial charge in [0, 0.05) is 92.1 Å². The van der Waals surface area contributed by atoms with Crippen LogP contribution >= 0.6 is 30.3 Å². The van der Waals surface area contributed by atoms with Crippen LogP contribution in [0.15, 0.2) is 73.1 Å². The number of pyridine rings is 1. The van der Waals surface area contributed by atoms with Crippen LogP contribution in [-0.4, -0.2) is 53.2 Å². The number of ether oxygens (including phenoxy) is 1. The molecule has 2 aromatic heterocycles. The second kappa shape index (κ2) is 13.5. The summed E-state index contributed by atoms with van der Waals surface area (Å²) in [6.07, 6.45) is 4.13. The maximum absolute atomic E-state index is 5.87. The average Bonchev–Trinajstić information content (AvgIpc) is 3.28. The minimum Gasteiger partial charge on any atom is -0.375 e. The van der Waals surface area contributed by atoms with Crippen molar-refractivity contribution >= 4 is 47.0 Å². The van der Waals surface area contributed by atoms with E-state index in [1.807, 2.05) is 26.1 Å². The summed E-state index contributed by atoms with van der Waals surface area (Å²) in [7, 11) is 1.65. The Morgan fingerprint density at radius 1 is 0.944 bits per heavy atom. The molecule has 1 aliphatic rings. The van der Waals surface area contributed by atoms with Gasteiger partial charge in [-0.15, -0.1) is 0 Å². The van der Waals surface area contributed by atoms with Crippen molar-refractivity contribution in [3.8, 4) is 11.1 Å². The van der Waals surface area contributed by atoms with E-state index in [0.717, 1.165) is 45.0 Å². The number of anilines is 1. The summed E-state index contributed by atoms with van der Waals surface area (Å²) >= 11 is 2.30. The fraction of sp³-hybridized carbons (Fsp3) is 0.345. The normalized spacial score (nSPS) is 14.1. The predicted octanol–water partition coefficient (Wildman–Crippen LogP) is 7.22. The number of nitrogens with zero attached hydrogens (tertiary/aromatic N) is 4. The molecule has 2 aromatic carbocycles. The molecule has 36 heavy (non-hydrogen) atoms. The predicted molar refractivity (Wildman–Crippen MR) is 163 cm³/mol. The number of aryl methyl sites for hydroxylation is 1. The first-order valence-corrected chi connectivity index (χ1v) is 16.0. The van der Waals surface area contributed by atoms with E-state index in [-0.39, 0.29) is 0 Å². The molecule has 3 heterocycles. The Labute approximate surface area is 231 Å². The van der Waals surface area contributed by atoms with E-state index in [9.17, 15) is 0 Å². The van der Waals surface area contributed by atoms with Crippen molar-refractivity contribution in [1.82, 2.24) is 13.9 Å². The van der Waals surface area contributed by atoms with Gasteiger partial charge in [-0.3, -0.25) is 8.87 Å². The number of hydrogen-bond acceptors (Lipinski definition) is 5. The Morgan fingerprint density at radius 3 is 2.36 bits per heavy atom. The van der Waals surface area contributed by atoms with Crippen LogP contribution in [0.4, 0.5) is 5.69 Å². The third kappa shape index (κ3) is 6.62. The first-order valence-electron chi connectivity index (χ1n) is 12.7. The molecule has 1 fully saturated rings. The molecule has 190 valence electrons. The lowest BCUT2D eigenvalue weighted by molar-refractivity contribution is 0.0907. The highest BCUT2D eigenvalue weighted by molar-refractivity contribution is 14.2. The number of fused-ring (bicyclic) bond motifs is 1. The van der Waals surface area contributed by atoms with Crippen molar-refractivity contribution in [2.75, 3.05) is 44.2 Å². The Balaban J connectivity index is 0.00000148. The van der Waals surface area contributed by atoms with Crippen LogP contribution < -0.4 is 4.90 Å². The SMILES string of the molecule is CC.Cc1cn(SI)c2ncc(-c3ccc(N4CCN(CCOCc5ccccc5)CC4)cc3)cc12. The van der Waals surface area contributed by atoms with Gasteiger partial charge in [-0.25, -0.2) is 4.98 Å². The summed E-state index contributed by atoms with van der Waals surface area (Å²) < 4.78 is 7.99. The van der Waals surface area contributed by atoms with Crippen molar-refractivity contribution in [2.45, 2.75) is 27.4 Å². The van der Waals surface area contributed by atoms with Crippen molar-refractivity contribution in [3.05, 3.63) is 84.2 Å². The lowest BCUT2D eigenvalue weighted by Crippen LogP contribution is -2.47. The lowest BCUT2D eigenvalue weighted by atomic mass is 10.1. The second-order valence-corrected chi connectivity index (χ2v) is 10.4. The Kier molecular flexibility index (Phi) is 10.1. The summed E-state index contributed by atoms with van der Waals surface area (Å²) in [5.41, 5.74) is 7.19. The molecule has 5 rings (SSSR count). The molecular weight excluding hydrogens is 579 g/mol. The number of piperazine rings is 1. The Bertz CT molecular complexity index is 1220. The van der Waals surface area contributed by atoms with Gasteiger partial charge >= 0.3 is 0 Å². The van der Waals surface area contributed by atoms with Crippen LogP contribution in [0.1, 0.15) is 25.0 Å².